The number of ether oxygens (including phenoxy) is 2. The number of amidine groups is 1. The summed E-state index contributed by atoms with van der Waals surface area (Å²) in [4.78, 5) is 36.2. The number of urea groups is 1. The van der Waals surface area contributed by atoms with E-state index in [1.807, 2.05) is 83.2 Å². The number of fused-ring (bicyclic) bond motifs is 2. The van der Waals surface area contributed by atoms with E-state index in [4.69, 9.17) is 26.1 Å². The van der Waals surface area contributed by atoms with Gasteiger partial charge in [-0.1, -0.05) is 53.6 Å². The fourth-order valence-corrected chi connectivity index (χ4v) is 6.48. The van der Waals surface area contributed by atoms with Crippen LogP contribution in [0.1, 0.15) is 56.5 Å². The molecular formula is C31H33ClN4O4. The average Bonchev–Trinajstić information content (AvgIpc) is 3.32. The van der Waals surface area contributed by atoms with Crippen LogP contribution in [-0.4, -0.2) is 52.9 Å². The maximum absolute atomic E-state index is 14.5. The van der Waals surface area contributed by atoms with Crippen LogP contribution in [-0.2, 0) is 14.3 Å². The highest BCUT2D eigenvalue weighted by molar-refractivity contribution is 6.30. The maximum Gasteiger partial charge on any atom is 0.330 e. The fraction of sp³-hybridized carbons (Fsp3) is 0.387. The lowest BCUT2D eigenvalue weighted by Gasteiger charge is -2.54. The van der Waals surface area contributed by atoms with Crippen LogP contribution in [0, 0.1) is 12.3 Å². The Kier molecular flexibility index (Phi) is 6.12. The summed E-state index contributed by atoms with van der Waals surface area (Å²) in [6, 6.07) is 14.6. The van der Waals surface area contributed by atoms with Crippen molar-refractivity contribution in [1.29, 1.82) is 0 Å². The number of nitrogens with one attached hydrogen (secondary N) is 1. The summed E-state index contributed by atoms with van der Waals surface area (Å²) in [5, 5.41) is 3.63. The van der Waals surface area contributed by atoms with Gasteiger partial charge in [0.05, 0.1) is 23.5 Å². The zero-order valence-corrected chi connectivity index (χ0v) is 24.2. The van der Waals surface area contributed by atoms with Gasteiger partial charge < -0.3 is 14.8 Å². The first-order valence-electron chi connectivity index (χ1n) is 13.5. The fourth-order valence-electron chi connectivity index (χ4n) is 6.35. The van der Waals surface area contributed by atoms with Crippen LogP contribution in [0.2, 0.25) is 5.02 Å². The van der Waals surface area contributed by atoms with Crippen LogP contribution in [0.25, 0.3) is 0 Å². The molecule has 2 aromatic rings. The molecule has 0 aromatic heterocycles. The van der Waals surface area contributed by atoms with Crippen molar-refractivity contribution in [3.05, 3.63) is 93.5 Å². The molecule has 1 N–H and O–H groups in total. The molecule has 2 aromatic carbocycles. The SMILES string of the molecule is COC1(C)C=C(OC(C)C)C2(C)C3=N[C@H](c4cccc(C)c4)[C@H](c4ccc(Cl)cc4)N3C(=O)N3CC(=O)NC1=C32. The number of carbonyl (C=O) groups excluding carboxylic acids is 2. The molecule has 4 atom stereocenters. The van der Waals surface area contributed by atoms with Crippen LogP contribution in [0.5, 0.6) is 0 Å². The smallest absolute Gasteiger partial charge is 0.330 e. The molecule has 3 aliphatic heterocycles. The van der Waals surface area contributed by atoms with Crippen molar-refractivity contribution in [1.82, 2.24) is 15.1 Å². The number of aliphatic imine (C=N–C) groups is 1. The summed E-state index contributed by atoms with van der Waals surface area (Å²) in [6.45, 7) is 9.74. The van der Waals surface area contributed by atoms with E-state index < -0.39 is 17.1 Å². The molecule has 6 rings (SSSR count). The predicted molar refractivity (Wildman–Crippen MR) is 152 cm³/mol. The van der Waals surface area contributed by atoms with E-state index in [1.54, 1.807) is 16.9 Å². The molecule has 1 fully saturated rings. The molecule has 0 bridgehead atoms. The topological polar surface area (TPSA) is 83.5 Å². The van der Waals surface area contributed by atoms with Gasteiger partial charge >= 0.3 is 6.03 Å². The third kappa shape index (κ3) is 3.80. The van der Waals surface area contributed by atoms with Gasteiger partial charge in [-0.2, -0.15) is 0 Å². The summed E-state index contributed by atoms with van der Waals surface area (Å²) < 4.78 is 12.4. The second-order valence-electron chi connectivity index (χ2n) is 11.4. The van der Waals surface area contributed by atoms with Gasteiger partial charge in [0, 0.05) is 12.1 Å². The Morgan fingerprint density at radius 2 is 1.82 bits per heavy atom. The van der Waals surface area contributed by atoms with Gasteiger partial charge in [-0.3, -0.25) is 19.6 Å². The molecule has 0 saturated carbocycles. The normalized spacial score (nSPS) is 29.2. The van der Waals surface area contributed by atoms with Gasteiger partial charge in [-0.05, 0) is 64.0 Å². The molecule has 0 radical (unpaired) electrons. The number of hydrogen-bond donors (Lipinski definition) is 1. The lowest BCUT2D eigenvalue weighted by molar-refractivity contribution is -0.123. The molecule has 3 heterocycles. The maximum atomic E-state index is 14.5. The highest BCUT2D eigenvalue weighted by Crippen LogP contribution is 2.57. The number of hydrogen-bond acceptors (Lipinski definition) is 5. The third-order valence-electron chi connectivity index (χ3n) is 8.28. The number of aryl methyl sites for hydroxylation is 1. The van der Waals surface area contributed by atoms with E-state index in [0.29, 0.717) is 28.0 Å². The largest absolute Gasteiger partial charge is 0.494 e. The lowest BCUT2D eigenvalue weighted by Crippen LogP contribution is -2.66. The average molecular weight is 561 g/mol. The second kappa shape index (κ2) is 9.21. The van der Waals surface area contributed by atoms with Gasteiger partial charge in [-0.15, -0.1) is 0 Å². The van der Waals surface area contributed by atoms with E-state index in [9.17, 15) is 9.59 Å². The Labute approximate surface area is 239 Å². The highest BCUT2D eigenvalue weighted by atomic mass is 35.5. The standard InChI is InChI=1S/C31H33ClN4O4/c1-17(2)40-22-15-30(4,39-6)26-27-31(22,5)28-34-24(20-9-7-8-18(3)14-20)25(19-10-12-21(32)13-11-19)36(28)29(38)35(27)16-23(37)33-26/h7-15,17,24-25H,16H2,1-6H3,(H,33,37)/t24-,25+,30?,31?/m1/s1. The number of amides is 3. The molecule has 208 valence electrons. The molecule has 9 heteroatoms. The van der Waals surface area contributed by atoms with Crippen LogP contribution in [0.4, 0.5) is 4.79 Å². The van der Waals surface area contributed by atoms with Gasteiger partial charge in [0.25, 0.3) is 0 Å². The molecular weight excluding hydrogens is 528 g/mol. The lowest BCUT2D eigenvalue weighted by atomic mass is 9.71. The van der Waals surface area contributed by atoms with Crippen LogP contribution in [0.15, 0.2) is 76.8 Å². The summed E-state index contributed by atoms with van der Waals surface area (Å²) in [6.07, 6.45) is 1.76. The van der Waals surface area contributed by atoms with E-state index in [0.717, 1.165) is 16.7 Å². The Morgan fingerprint density at radius 1 is 1.10 bits per heavy atom. The summed E-state index contributed by atoms with van der Waals surface area (Å²) in [5.41, 5.74) is 2.17. The third-order valence-corrected chi connectivity index (χ3v) is 8.53. The quantitative estimate of drug-likeness (QED) is 0.512. The van der Waals surface area contributed by atoms with E-state index in [2.05, 4.69) is 11.4 Å². The zero-order chi connectivity index (χ0) is 28.6. The zero-order valence-electron chi connectivity index (χ0n) is 23.5. The molecule has 3 amide bonds. The van der Waals surface area contributed by atoms with Crippen molar-refractivity contribution >= 4 is 29.4 Å². The number of benzene rings is 2. The minimum Gasteiger partial charge on any atom is -0.494 e. The second-order valence-corrected chi connectivity index (χ2v) is 11.9. The number of rotatable bonds is 5. The molecule has 4 aliphatic rings. The summed E-state index contributed by atoms with van der Waals surface area (Å²) >= 11 is 6.26. The Bertz CT molecular complexity index is 1510. The molecule has 0 spiro atoms. The molecule has 1 aliphatic carbocycles. The van der Waals surface area contributed by atoms with Gasteiger partial charge in [0.15, 0.2) is 0 Å². The highest BCUT2D eigenvalue weighted by Gasteiger charge is 2.63. The number of halogens is 1. The van der Waals surface area contributed by atoms with E-state index in [-0.39, 0.29) is 30.6 Å². The molecule has 2 unspecified atom stereocenters. The van der Waals surface area contributed by atoms with Crippen molar-refractivity contribution in [2.24, 2.45) is 10.4 Å². The summed E-state index contributed by atoms with van der Waals surface area (Å²) in [7, 11) is 1.58. The van der Waals surface area contributed by atoms with E-state index in [1.165, 1.54) is 0 Å². The van der Waals surface area contributed by atoms with Gasteiger partial charge in [0.2, 0.25) is 5.91 Å². The molecule has 8 nitrogen and oxygen atoms in total. The Morgan fingerprint density at radius 3 is 2.48 bits per heavy atom. The number of methoxy groups -OCH3 is 1. The van der Waals surface area contributed by atoms with E-state index >= 15 is 0 Å². The Hall–Kier alpha value is -3.62. The minimum absolute atomic E-state index is 0.117. The number of carbonyl (C=O) groups is 2. The Balaban J connectivity index is 1.64. The number of nitrogens with zero attached hydrogens (tertiary/aromatic N) is 3. The molecule has 40 heavy (non-hydrogen) atoms. The van der Waals surface area contributed by atoms with Gasteiger partial charge in [0.1, 0.15) is 35.2 Å². The van der Waals surface area contributed by atoms with Crippen molar-refractivity contribution < 1.29 is 19.1 Å². The van der Waals surface area contributed by atoms with Crippen molar-refractivity contribution in [2.75, 3.05) is 13.7 Å². The van der Waals surface area contributed by atoms with Crippen molar-refractivity contribution in [2.45, 2.75) is 58.4 Å². The summed E-state index contributed by atoms with van der Waals surface area (Å²) in [5.74, 6) is 0.925. The van der Waals surface area contributed by atoms with Crippen LogP contribution < -0.4 is 5.32 Å². The van der Waals surface area contributed by atoms with Crippen molar-refractivity contribution in [3.63, 3.8) is 0 Å². The first kappa shape index (κ1) is 26.6. The van der Waals surface area contributed by atoms with Gasteiger partial charge in [-0.25, -0.2) is 4.79 Å². The monoisotopic (exact) mass is 560 g/mol. The molecule has 1 saturated heterocycles. The van der Waals surface area contributed by atoms with Crippen LogP contribution in [0.3, 0.4) is 0 Å². The first-order valence-corrected chi connectivity index (χ1v) is 13.9. The first-order chi connectivity index (χ1) is 19.0. The minimum atomic E-state index is -1.01. The predicted octanol–water partition coefficient (Wildman–Crippen LogP) is 5.66. The van der Waals surface area contributed by atoms with Crippen LogP contribution >= 0.6 is 11.6 Å². The van der Waals surface area contributed by atoms with Crippen molar-refractivity contribution in [3.8, 4) is 0 Å².